The molecule has 5 N–H and O–H groups in total. The summed E-state index contributed by atoms with van der Waals surface area (Å²) in [5.74, 6) is -0.538. The molecule has 0 aliphatic carbocycles. The Morgan fingerprint density at radius 1 is 0.840 bits per heavy atom. The van der Waals surface area contributed by atoms with Gasteiger partial charge in [0.15, 0.2) is 0 Å². The molecular formula is C13H20ClN5O6. The van der Waals surface area contributed by atoms with Gasteiger partial charge in [-0.25, -0.2) is 4.98 Å². The van der Waals surface area contributed by atoms with Crippen molar-refractivity contribution in [2.75, 3.05) is 39.3 Å². The molecule has 0 saturated carbocycles. The summed E-state index contributed by atoms with van der Waals surface area (Å²) in [5.41, 5.74) is 0.510. The highest BCUT2D eigenvalue weighted by molar-refractivity contribution is 5.96. The molecule has 1 aliphatic heterocycles. The summed E-state index contributed by atoms with van der Waals surface area (Å²) in [4.78, 5) is 27.8. The fraction of sp³-hybridized carbons (Fsp3) is 0.462. The smallest absolute Gasteiger partial charge is 0.269 e. The van der Waals surface area contributed by atoms with Crippen LogP contribution in [0.25, 0.3) is 0 Å². The Morgan fingerprint density at radius 2 is 1.20 bits per heavy atom. The van der Waals surface area contributed by atoms with Gasteiger partial charge in [0.1, 0.15) is 11.4 Å². The van der Waals surface area contributed by atoms with E-state index < -0.39 is 10.2 Å². The Labute approximate surface area is 146 Å². The van der Waals surface area contributed by atoms with Crippen LogP contribution in [0.4, 0.5) is 0 Å². The maximum absolute atomic E-state index is 11.9. The molecule has 0 atom stereocenters. The van der Waals surface area contributed by atoms with Crippen LogP contribution in [0.1, 0.15) is 21.0 Å². The van der Waals surface area contributed by atoms with Crippen molar-refractivity contribution in [2.24, 2.45) is 0 Å². The highest BCUT2D eigenvalue weighted by atomic mass is 35.7. The fourth-order valence-electron chi connectivity index (χ4n) is 1.82. The number of nitrogens with one attached hydrogen (secondary N) is 4. The third kappa shape index (κ3) is 10.6. The van der Waals surface area contributed by atoms with E-state index in [1.165, 1.54) is 0 Å². The number of hydrogen-bond donors (Lipinski definition) is 5. The first kappa shape index (κ1) is 21.2. The van der Waals surface area contributed by atoms with E-state index in [-0.39, 0.29) is 23.2 Å². The SMILES string of the molecule is O=C1NCCNCCNCCNC(=O)c2cccc1n2.[O-][Cl+3]([O-])([O-])O. The molecule has 11 nitrogen and oxygen atoms in total. The van der Waals surface area contributed by atoms with Crippen LogP contribution in [0.2, 0.25) is 0 Å². The quantitative estimate of drug-likeness (QED) is 0.294. The van der Waals surface area contributed by atoms with Crippen LogP contribution in [-0.2, 0) is 0 Å². The summed E-state index contributed by atoms with van der Waals surface area (Å²) in [7, 11) is -4.69. The molecule has 0 fully saturated rings. The zero-order valence-corrected chi connectivity index (χ0v) is 14.0. The van der Waals surface area contributed by atoms with Crippen LogP contribution in [0.5, 0.6) is 0 Å². The summed E-state index contributed by atoms with van der Waals surface area (Å²) in [6, 6.07) is 4.85. The second-order valence-corrected chi connectivity index (χ2v) is 5.61. The summed E-state index contributed by atoms with van der Waals surface area (Å²) >= 11 is 0. The summed E-state index contributed by atoms with van der Waals surface area (Å²) < 4.78 is 32.7. The normalized spacial score (nSPS) is 17.1. The van der Waals surface area contributed by atoms with Gasteiger partial charge in [0.25, 0.3) is 11.8 Å². The van der Waals surface area contributed by atoms with E-state index in [1.807, 2.05) is 0 Å². The van der Waals surface area contributed by atoms with E-state index in [9.17, 15) is 9.59 Å². The van der Waals surface area contributed by atoms with Gasteiger partial charge in [0, 0.05) is 39.3 Å². The predicted octanol–water partition coefficient (Wildman–Crippen LogP) is -5.39. The van der Waals surface area contributed by atoms with Gasteiger partial charge >= 0.3 is 0 Å². The Hall–Kier alpha value is -1.86. The van der Waals surface area contributed by atoms with Gasteiger partial charge < -0.3 is 21.3 Å². The third-order valence-electron chi connectivity index (χ3n) is 2.87. The minimum Gasteiger partial charge on any atom is -0.349 e. The number of pyridine rings is 1. The van der Waals surface area contributed by atoms with Gasteiger partial charge in [0.2, 0.25) is 0 Å². The molecule has 0 unspecified atom stereocenters. The van der Waals surface area contributed by atoms with Gasteiger partial charge in [-0.3, -0.25) is 9.59 Å². The van der Waals surface area contributed by atoms with Crippen molar-refractivity contribution in [3.05, 3.63) is 29.6 Å². The van der Waals surface area contributed by atoms with Crippen LogP contribution >= 0.6 is 0 Å². The largest absolute Gasteiger partial charge is 0.349 e. The van der Waals surface area contributed by atoms with Crippen molar-refractivity contribution in [3.63, 3.8) is 0 Å². The average Bonchev–Trinajstić information content (AvgIpc) is 2.54. The zero-order chi connectivity index (χ0) is 18.7. The summed E-state index contributed by atoms with van der Waals surface area (Å²) in [5, 5.41) is 11.9. The molecule has 0 saturated heterocycles. The first-order valence-corrected chi connectivity index (χ1v) is 8.62. The van der Waals surface area contributed by atoms with E-state index in [2.05, 4.69) is 26.3 Å². The third-order valence-corrected chi connectivity index (χ3v) is 2.87. The lowest BCUT2D eigenvalue weighted by atomic mass is 10.2. The van der Waals surface area contributed by atoms with Gasteiger partial charge in [0.05, 0.1) is 14.9 Å². The maximum Gasteiger partial charge on any atom is 0.269 e. The average molecular weight is 378 g/mol. The molecule has 12 heteroatoms. The van der Waals surface area contributed by atoms with E-state index >= 15 is 0 Å². The number of carbonyl (C=O) groups is 2. The number of amides is 2. The standard InChI is InChI=1S/C13H19N5O2.ClHO4/c19-12-10-2-1-3-11(18-10)13(20)17-9-7-15-5-4-14-6-8-16-12;2-1(3,4)5/h1-3,14-15H,4-9H2,(H,16,19)(H,17,20);(H,2,3,4,5). The summed E-state index contributed by atoms with van der Waals surface area (Å²) in [6.45, 7) is 4.08. The molecule has 25 heavy (non-hydrogen) atoms. The lowest BCUT2D eigenvalue weighted by molar-refractivity contribution is -1.92. The topological polar surface area (TPSA) is 185 Å². The molecule has 0 spiro atoms. The Kier molecular flexibility index (Phi) is 9.23. The molecule has 1 aromatic rings. The Balaban J connectivity index is 0.000000550. The monoisotopic (exact) mass is 377 g/mol. The zero-order valence-electron chi connectivity index (χ0n) is 13.3. The van der Waals surface area contributed by atoms with E-state index in [0.717, 1.165) is 13.1 Å². The predicted molar refractivity (Wildman–Crippen MR) is 76.9 cm³/mol. The number of hydrogen-bond acceptors (Lipinski definition) is 9. The van der Waals surface area contributed by atoms with Gasteiger partial charge in [-0.2, -0.15) is 14.0 Å². The lowest BCUT2D eigenvalue weighted by Gasteiger charge is -2.07. The first-order valence-electron chi connectivity index (χ1n) is 7.35. The molecule has 2 heterocycles. The molecule has 1 aliphatic rings. The maximum atomic E-state index is 11.9. The van der Waals surface area contributed by atoms with Crippen LogP contribution in [-0.4, -0.2) is 60.7 Å². The van der Waals surface area contributed by atoms with Crippen LogP contribution in [0.3, 0.4) is 0 Å². The van der Waals surface area contributed by atoms with Gasteiger partial charge in [-0.05, 0) is 12.1 Å². The molecule has 140 valence electrons. The van der Waals surface area contributed by atoms with Crippen molar-refractivity contribution >= 4 is 11.8 Å². The highest BCUT2D eigenvalue weighted by Crippen LogP contribution is 1.99. The second-order valence-electron chi connectivity index (χ2n) is 4.82. The van der Waals surface area contributed by atoms with Crippen molar-refractivity contribution < 1.29 is 38.5 Å². The number of carbonyl (C=O) groups excluding carboxylic acids is 2. The molecule has 0 aromatic carbocycles. The Morgan fingerprint density at radius 3 is 1.60 bits per heavy atom. The van der Waals surface area contributed by atoms with E-state index in [0.29, 0.717) is 26.2 Å². The van der Waals surface area contributed by atoms with Crippen LogP contribution < -0.4 is 35.2 Å². The minimum atomic E-state index is -4.69. The van der Waals surface area contributed by atoms with Crippen LogP contribution in [0, 0.1) is 10.2 Å². The number of nitrogens with zero attached hydrogens (tertiary/aromatic N) is 1. The first-order chi connectivity index (χ1) is 11.8. The van der Waals surface area contributed by atoms with E-state index in [1.54, 1.807) is 18.2 Å². The van der Waals surface area contributed by atoms with Gasteiger partial charge in [-0.15, -0.1) is 0 Å². The second kappa shape index (κ2) is 10.9. The van der Waals surface area contributed by atoms with Crippen molar-refractivity contribution in [1.82, 2.24) is 26.3 Å². The molecule has 2 bridgehead atoms. The number of rotatable bonds is 0. The van der Waals surface area contributed by atoms with Gasteiger partial charge in [-0.1, -0.05) is 6.07 Å². The molecule has 2 amide bonds. The lowest BCUT2D eigenvalue weighted by Crippen LogP contribution is -2.58. The highest BCUT2D eigenvalue weighted by Gasteiger charge is 2.11. The molecule has 0 radical (unpaired) electrons. The van der Waals surface area contributed by atoms with Crippen molar-refractivity contribution in [1.29, 1.82) is 0 Å². The molecular weight excluding hydrogens is 358 g/mol. The number of halogens is 1. The van der Waals surface area contributed by atoms with Crippen molar-refractivity contribution in [3.8, 4) is 0 Å². The molecule has 2 rings (SSSR count). The van der Waals surface area contributed by atoms with Crippen molar-refractivity contribution in [2.45, 2.75) is 0 Å². The number of aromatic nitrogens is 1. The Bertz CT molecular complexity index is 523. The fourth-order valence-corrected chi connectivity index (χ4v) is 1.82. The summed E-state index contributed by atoms with van der Waals surface area (Å²) in [6.07, 6.45) is 0. The van der Waals surface area contributed by atoms with Crippen LogP contribution in [0.15, 0.2) is 18.2 Å². The van der Waals surface area contributed by atoms with E-state index in [4.69, 9.17) is 18.6 Å². The molecule has 1 aromatic heterocycles. The minimum absolute atomic E-state index is 0.255. The number of fused-ring (bicyclic) bond motifs is 2.